The van der Waals surface area contributed by atoms with E-state index in [2.05, 4.69) is 11.1 Å². The highest BCUT2D eigenvalue weighted by molar-refractivity contribution is 7.11. The minimum Gasteiger partial charge on any atom is -0.458 e. The molecule has 0 saturated heterocycles. The van der Waals surface area contributed by atoms with Crippen molar-refractivity contribution in [2.24, 2.45) is 0 Å². The lowest BCUT2D eigenvalue weighted by atomic mass is 10.1. The Bertz CT molecular complexity index is 738. The van der Waals surface area contributed by atoms with Crippen molar-refractivity contribution >= 4 is 22.3 Å². The van der Waals surface area contributed by atoms with Gasteiger partial charge < -0.3 is 9.52 Å². The summed E-state index contributed by atoms with van der Waals surface area (Å²) in [7, 11) is 0. The molecule has 0 radical (unpaired) electrons. The number of nitrogens with zero attached hydrogens (tertiary/aromatic N) is 1. The second-order valence-corrected chi connectivity index (χ2v) is 6.45. The van der Waals surface area contributed by atoms with Gasteiger partial charge in [0.1, 0.15) is 17.4 Å². The molecule has 0 saturated carbocycles. The lowest BCUT2D eigenvalue weighted by Crippen LogP contribution is -1.99. The lowest BCUT2D eigenvalue weighted by molar-refractivity contribution is 0.152. The summed E-state index contributed by atoms with van der Waals surface area (Å²) in [6.45, 7) is 6.09. The van der Waals surface area contributed by atoms with Crippen molar-refractivity contribution in [3.8, 4) is 0 Å². The molecule has 0 aliphatic rings. The van der Waals surface area contributed by atoms with Crippen LogP contribution in [0.1, 0.15) is 33.0 Å². The zero-order chi connectivity index (χ0) is 14.3. The summed E-state index contributed by atoms with van der Waals surface area (Å²) in [6, 6.07) is 7.93. The molecular weight excluding hydrogens is 270 g/mol. The van der Waals surface area contributed by atoms with E-state index in [0.717, 1.165) is 21.7 Å². The number of hydrogen-bond donors (Lipinski definition) is 1. The quantitative estimate of drug-likeness (QED) is 0.789. The maximum Gasteiger partial charge on any atom is 0.134 e. The van der Waals surface area contributed by atoms with Crippen LogP contribution in [0, 0.1) is 20.8 Å². The van der Waals surface area contributed by atoms with E-state index in [4.69, 9.17) is 4.42 Å². The van der Waals surface area contributed by atoms with Crippen LogP contribution in [0.15, 0.2) is 28.7 Å². The van der Waals surface area contributed by atoms with Crippen LogP contribution >= 0.6 is 11.3 Å². The predicted octanol–water partition coefficient (Wildman–Crippen LogP) is 4.09. The second kappa shape index (κ2) is 5.04. The third-order valence-electron chi connectivity index (χ3n) is 3.46. The third kappa shape index (κ3) is 2.49. The van der Waals surface area contributed by atoms with E-state index in [1.807, 2.05) is 39.0 Å². The van der Waals surface area contributed by atoms with Gasteiger partial charge in [-0.05, 0) is 39.0 Å². The summed E-state index contributed by atoms with van der Waals surface area (Å²) < 4.78 is 5.72. The van der Waals surface area contributed by atoms with Gasteiger partial charge in [0.25, 0.3) is 0 Å². The minimum atomic E-state index is -0.646. The summed E-state index contributed by atoms with van der Waals surface area (Å²) in [6.07, 6.45) is -0.148. The monoisotopic (exact) mass is 287 g/mol. The SMILES string of the molecule is Cc1ccc2oc(C(O)Cc3nc(C)c(C)s3)cc2c1. The van der Waals surface area contributed by atoms with Crippen molar-refractivity contribution in [1.29, 1.82) is 0 Å². The first-order chi connectivity index (χ1) is 9.52. The maximum absolute atomic E-state index is 10.3. The number of thiazole rings is 1. The molecular formula is C16H17NO2S. The van der Waals surface area contributed by atoms with Gasteiger partial charge in [0, 0.05) is 16.7 Å². The Morgan fingerprint density at radius 1 is 1.25 bits per heavy atom. The van der Waals surface area contributed by atoms with Crippen LogP contribution in [0.5, 0.6) is 0 Å². The fourth-order valence-corrected chi connectivity index (χ4v) is 3.21. The zero-order valence-electron chi connectivity index (χ0n) is 11.8. The van der Waals surface area contributed by atoms with Crippen molar-refractivity contribution < 1.29 is 9.52 Å². The molecule has 0 bridgehead atoms. The Morgan fingerprint density at radius 3 is 2.75 bits per heavy atom. The normalized spacial score (nSPS) is 13.0. The van der Waals surface area contributed by atoms with Gasteiger partial charge >= 0.3 is 0 Å². The summed E-state index contributed by atoms with van der Waals surface area (Å²) in [5.41, 5.74) is 3.04. The zero-order valence-corrected chi connectivity index (χ0v) is 12.6. The first kappa shape index (κ1) is 13.3. The average molecular weight is 287 g/mol. The molecule has 0 aliphatic heterocycles. The molecule has 2 heterocycles. The van der Waals surface area contributed by atoms with Crippen LogP contribution in [-0.2, 0) is 6.42 Å². The molecule has 1 aromatic carbocycles. The number of aryl methyl sites for hydroxylation is 3. The number of fused-ring (bicyclic) bond motifs is 1. The number of benzene rings is 1. The molecule has 2 aromatic heterocycles. The Kier molecular flexibility index (Phi) is 3.36. The first-order valence-corrected chi connectivity index (χ1v) is 7.45. The summed E-state index contributed by atoms with van der Waals surface area (Å²) in [5, 5.41) is 12.3. The Balaban J connectivity index is 1.86. The van der Waals surface area contributed by atoms with E-state index in [-0.39, 0.29) is 0 Å². The molecule has 0 fully saturated rings. The number of hydrogen-bond acceptors (Lipinski definition) is 4. The summed E-state index contributed by atoms with van der Waals surface area (Å²) >= 11 is 1.63. The van der Waals surface area contributed by atoms with Gasteiger partial charge in [-0.2, -0.15) is 0 Å². The van der Waals surface area contributed by atoms with Gasteiger partial charge in [-0.15, -0.1) is 11.3 Å². The highest BCUT2D eigenvalue weighted by Gasteiger charge is 2.16. The van der Waals surface area contributed by atoms with E-state index in [0.29, 0.717) is 12.2 Å². The van der Waals surface area contributed by atoms with Crippen molar-refractivity contribution in [1.82, 2.24) is 4.98 Å². The van der Waals surface area contributed by atoms with Gasteiger partial charge in [-0.3, -0.25) is 0 Å². The molecule has 3 rings (SSSR count). The molecule has 3 nitrogen and oxygen atoms in total. The molecule has 0 amide bonds. The van der Waals surface area contributed by atoms with E-state index in [9.17, 15) is 5.11 Å². The molecule has 4 heteroatoms. The minimum absolute atomic E-state index is 0.498. The second-order valence-electron chi connectivity index (χ2n) is 5.16. The number of aromatic nitrogens is 1. The lowest BCUT2D eigenvalue weighted by Gasteiger charge is -2.04. The average Bonchev–Trinajstić information content (AvgIpc) is 2.93. The molecule has 1 atom stereocenters. The Morgan fingerprint density at radius 2 is 2.05 bits per heavy atom. The largest absolute Gasteiger partial charge is 0.458 e. The fraction of sp³-hybridized carbons (Fsp3) is 0.312. The van der Waals surface area contributed by atoms with Crippen LogP contribution in [0.25, 0.3) is 11.0 Å². The highest BCUT2D eigenvalue weighted by Crippen LogP contribution is 2.28. The van der Waals surface area contributed by atoms with Crippen LogP contribution < -0.4 is 0 Å². The van der Waals surface area contributed by atoms with Crippen molar-refractivity contribution in [3.63, 3.8) is 0 Å². The fourth-order valence-electron chi connectivity index (χ4n) is 2.24. The first-order valence-electron chi connectivity index (χ1n) is 6.64. The highest BCUT2D eigenvalue weighted by atomic mass is 32.1. The van der Waals surface area contributed by atoms with E-state index in [1.54, 1.807) is 11.3 Å². The van der Waals surface area contributed by atoms with Gasteiger partial charge in [-0.1, -0.05) is 11.6 Å². The molecule has 1 N–H and O–H groups in total. The topological polar surface area (TPSA) is 46.3 Å². The van der Waals surface area contributed by atoms with Crippen LogP contribution in [0.3, 0.4) is 0 Å². The van der Waals surface area contributed by atoms with Gasteiger partial charge in [0.15, 0.2) is 0 Å². The smallest absolute Gasteiger partial charge is 0.134 e. The van der Waals surface area contributed by atoms with Crippen molar-refractivity contribution in [3.05, 3.63) is 51.2 Å². The standard InChI is InChI=1S/C16H17NO2S/c1-9-4-5-14-12(6-9)7-15(19-14)13(18)8-16-17-10(2)11(3)20-16/h4-7,13,18H,8H2,1-3H3. The molecule has 0 aliphatic carbocycles. The number of rotatable bonds is 3. The predicted molar refractivity (Wildman–Crippen MR) is 81.2 cm³/mol. The molecule has 20 heavy (non-hydrogen) atoms. The Labute approximate surface area is 121 Å². The van der Waals surface area contributed by atoms with Crippen molar-refractivity contribution in [2.75, 3.05) is 0 Å². The molecule has 104 valence electrons. The molecule has 1 unspecified atom stereocenters. The van der Waals surface area contributed by atoms with E-state index >= 15 is 0 Å². The van der Waals surface area contributed by atoms with E-state index in [1.165, 1.54) is 10.4 Å². The van der Waals surface area contributed by atoms with Crippen molar-refractivity contribution in [2.45, 2.75) is 33.3 Å². The van der Waals surface area contributed by atoms with Gasteiger partial charge in [0.05, 0.1) is 10.7 Å². The van der Waals surface area contributed by atoms with Gasteiger partial charge in [0.2, 0.25) is 0 Å². The number of furan rings is 1. The number of aliphatic hydroxyl groups excluding tert-OH is 1. The van der Waals surface area contributed by atoms with Crippen LogP contribution in [-0.4, -0.2) is 10.1 Å². The molecule has 3 aromatic rings. The van der Waals surface area contributed by atoms with E-state index < -0.39 is 6.10 Å². The molecule has 0 spiro atoms. The van der Waals surface area contributed by atoms with Gasteiger partial charge in [-0.25, -0.2) is 4.98 Å². The number of aliphatic hydroxyl groups is 1. The summed E-state index contributed by atoms with van der Waals surface area (Å²) in [4.78, 5) is 5.66. The Hall–Kier alpha value is -1.65. The summed E-state index contributed by atoms with van der Waals surface area (Å²) in [5.74, 6) is 0.608. The van der Waals surface area contributed by atoms with Crippen LogP contribution in [0.2, 0.25) is 0 Å². The van der Waals surface area contributed by atoms with Crippen LogP contribution in [0.4, 0.5) is 0 Å². The third-order valence-corrected chi connectivity index (χ3v) is 4.56. The maximum atomic E-state index is 10.3.